The Morgan fingerprint density at radius 1 is 0.310 bits per heavy atom. The Balaban J connectivity index is 2.11. The molecule has 1 aliphatic rings. The van der Waals surface area contributed by atoms with Gasteiger partial charge in [0.05, 0.1) is 0 Å². The summed E-state index contributed by atoms with van der Waals surface area (Å²) in [6.07, 6.45) is 51.4. The molecule has 0 amide bonds. The fraction of sp³-hybridized carbons (Fsp3) is 0.950. The van der Waals surface area contributed by atoms with Gasteiger partial charge in [-0.3, -0.25) is 0 Å². The standard InChI is InChI=1S/C40H80N2/c1-4-7-10-13-15-17-19-20-21-22-24-26-28-31-34-37-42-39-38-41(40(42)35-32-29-12-9-6-3)36-33-30-27-25-23-18-16-14-11-8-5-2/h38-40H,4-37H2,1-3H3. The van der Waals surface area contributed by atoms with Crippen molar-refractivity contribution in [3.05, 3.63) is 12.4 Å². The predicted molar refractivity (Wildman–Crippen MR) is 191 cm³/mol. The van der Waals surface area contributed by atoms with Crippen molar-refractivity contribution in [1.82, 2.24) is 9.80 Å². The lowest BCUT2D eigenvalue weighted by molar-refractivity contribution is 0.135. The Kier molecular flexibility index (Phi) is 29.8. The molecule has 0 radical (unpaired) electrons. The Morgan fingerprint density at radius 3 is 0.833 bits per heavy atom. The van der Waals surface area contributed by atoms with Crippen molar-refractivity contribution < 1.29 is 0 Å². The van der Waals surface area contributed by atoms with Gasteiger partial charge in [-0.25, -0.2) is 0 Å². The summed E-state index contributed by atoms with van der Waals surface area (Å²) >= 11 is 0. The van der Waals surface area contributed by atoms with Crippen molar-refractivity contribution in [2.45, 2.75) is 232 Å². The molecule has 1 heterocycles. The van der Waals surface area contributed by atoms with Gasteiger partial charge in [0, 0.05) is 25.5 Å². The van der Waals surface area contributed by atoms with E-state index in [0.29, 0.717) is 6.17 Å². The lowest BCUT2D eigenvalue weighted by Crippen LogP contribution is -2.39. The van der Waals surface area contributed by atoms with Crippen LogP contribution >= 0.6 is 0 Å². The third-order valence-electron chi connectivity index (χ3n) is 9.82. The Labute approximate surface area is 267 Å². The first-order valence-electron chi connectivity index (χ1n) is 20.0. The second-order valence-corrected chi connectivity index (χ2v) is 13.9. The van der Waals surface area contributed by atoms with Gasteiger partial charge < -0.3 is 9.80 Å². The molecule has 0 spiro atoms. The van der Waals surface area contributed by atoms with Gasteiger partial charge >= 0.3 is 0 Å². The molecule has 1 aliphatic heterocycles. The maximum atomic E-state index is 2.71. The zero-order chi connectivity index (χ0) is 30.2. The minimum Gasteiger partial charge on any atom is -0.356 e. The van der Waals surface area contributed by atoms with Crippen LogP contribution in [0.15, 0.2) is 12.4 Å². The van der Waals surface area contributed by atoms with Gasteiger partial charge in [0.25, 0.3) is 0 Å². The number of hydrogen-bond donors (Lipinski definition) is 0. The Hall–Kier alpha value is -0.660. The molecule has 2 nitrogen and oxygen atoms in total. The largest absolute Gasteiger partial charge is 0.356 e. The highest BCUT2D eigenvalue weighted by Gasteiger charge is 2.24. The summed E-state index contributed by atoms with van der Waals surface area (Å²) in [5.74, 6) is 0. The quantitative estimate of drug-likeness (QED) is 0.0690. The van der Waals surface area contributed by atoms with E-state index in [1.165, 1.54) is 219 Å². The first kappa shape index (κ1) is 39.4. The lowest BCUT2D eigenvalue weighted by Gasteiger charge is -2.33. The van der Waals surface area contributed by atoms with Crippen LogP contribution in [0.1, 0.15) is 226 Å². The van der Waals surface area contributed by atoms with Crippen molar-refractivity contribution in [1.29, 1.82) is 0 Å². The average molecular weight is 589 g/mol. The normalized spacial score (nSPS) is 15.0. The average Bonchev–Trinajstić information content (AvgIpc) is 3.38. The number of nitrogens with zero attached hydrogens (tertiary/aromatic N) is 2. The van der Waals surface area contributed by atoms with E-state index in [4.69, 9.17) is 0 Å². The highest BCUT2D eigenvalue weighted by atomic mass is 15.4. The van der Waals surface area contributed by atoms with Crippen LogP contribution in [0, 0.1) is 0 Å². The van der Waals surface area contributed by atoms with Crippen LogP contribution in [0.2, 0.25) is 0 Å². The molecule has 0 bridgehead atoms. The zero-order valence-electron chi connectivity index (χ0n) is 29.7. The number of hydrogen-bond acceptors (Lipinski definition) is 2. The highest BCUT2D eigenvalue weighted by Crippen LogP contribution is 2.24. The molecule has 1 atom stereocenters. The smallest absolute Gasteiger partial charge is 0.101 e. The van der Waals surface area contributed by atoms with Crippen molar-refractivity contribution in [2.75, 3.05) is 13.1 Å². The second kappa shape index (κ2) is 31.8. The first-order valence-corrected chi connectivity index (χ1v) is 20.0. The molecule has 2 heteroatoms. The number of unbranched alkanes of at least 4 members (excludes halogenated alkanes) is 28. The van der Waals surface area contributed by atoms with Gasteiger partial charge in [-0.2, -0.15) is 0 Å². The summed E-state index contributed by atoms with van der Waals surface area (Å²) in [6, 6.07) is 0. The Bertz CT molecular complexity index is 544. The van der Waals surface area contributed by atoms with Crippen molar-refractivity contribution in [2.24, 2.45) is 0 Å². The van der Waals surface area contributed by atoms with Gasteiger partial charge in [-0.1, -0.05) is 201 Å². The van der Waals surface area contributed by atoms with Gasteiger partial charge in [0.15, 0.2) is 0 Å². The summed E-state index contributed by atoms with van der Waals surface area (Å²) in [4.78, 5) is 5.42. The molecule has 0 aliphatic carbocycles. The zero-order valence-corrected chi connectivity index (χ0v) is 29.7. The predicted octanol–water partition coefficient (Wildman–Crippen LogP) is 13.9. The minimum absolute atomic E-state index is 0.640. The molecule has 1 unspecified atom stereocenters. The molecule has 1 rings (SSSR count). The van der Waals surface area contributed by atoms with E-state index in [9.17, 15) is 0 Å². The third kappa shape index (κ3) is 23.8. The SMILES string of the molecule is CCCCCCCCCCCCCCCCCN1C=CN(CCCCCCCCCCCCC)C1CCCCCCC. The van der Waals surface area contributed by atoms with E-state index in [2.05, 4.69) is 43.0 Å². The third-order valence-corrected chi connectivity index (χ3v) is 9.82. The van der Waals surface area contributed by atoms with Gasteiger partial charge in [0.1, 0.15) is 6.17 Å². The summed E-state index contributed by atoms with van der Waals surface area (Å²) in [5.41, 5.74) is 0. The first-order chi connectivity index (χ1) is 20.8. The topological polar surface area (TPSA) is 6.48 Å². The van der Waals surface area contributed by atoms with Gasteiger partial charge in [-0.15, -0.1) is 0 Å². The maximum Gasteiger partial charge on any atom is 0.101 e. The molecule has 0 aromatic carbocycles. The van der Waals surface area contributed by atoms with E-state index in [0.717, 1.165) is 0 Å². The van der Waals surface area contributed by atoms with E-state index in [1.807, 2.05) is 0 Å². The second-order valence-electron chi connectivity index (χ2n) is 13.9. The lowest BCUT2D eigenvalue weighted by atomic mass is 10.0. The van der Waals surface area contributed by atoms with Crippen LogP contribution < -0.4 is 0 Å². The van der Waals surface area contributed by atoms with Gasteiger partial charge in [-0.05, 0) is 25.7 Å². The van der Waals surface area contributed by atoms with E-state index in [-0.39, 0.29) is 0 Å². The number of rotatable bonds is 34. The summed E-state index contributed by atoms with van der Waals surface area (Å²) in [5, 5.41) is 0. The molecule has 42 heavy (non-hydrogen) atoms. The molecule has 250 valence electrons. The minimum atomic E-state index is 0.640. The Morgan fingerprint density at radius 2 is 0.548 bits per heavy atom. The molecule has 0 fully saturated rings. The van der Waals surface area contributed by atoms with Crippen LogP contribution in [0.4, 0.5) is 0 Å². The van der Waals surface area contributed by atoms with Crippen LogP contribution in [-0.2, 0) is 0 Å². The van der Waals surface area contributed by atoms with Crippen molar-refractivity contribution >= 4 is 0 Å². The fourth-order valence-electron chi connectivity index (χ4n) is 6.89. The van der Waals surface area contributed by atoms with E-state index in [1.54, 1.807) is 0 Å². The molecular formula is C40H80N2. The van der Waals surface area contributed by atoms with E-state index < -0.39 is 0 Å². The molecule has 0 N–H and O–H groups in total. The van der Waals surface area contributed by atoms with Gasteiger partial charge in [0.2, 0.25) is 0 Å². The monoisotopic (exact) mass is 589 g/mol. The van der Waals surface area contributed by atoms with Crippen molar-refractivity contribution in [3.63, 3.8) is 0 Å². The molecule has 0 aromatic rings. The summed E-state index contributed by atoms with van der Waals surface area (Å²) in [7, 11) is 0. The summed E-state index contributed by atoms with van der Waals surface area (Å²) < 4.78 is 0. The molecule has 0 saturated carbocycles. The highest BCUT2D eigenvalue weighted by molar-refractivity contribution is 4.97. The fourth-order valence-corrected chi connectivity index (χ4v) is 6.89. The van der Waals surface area contributed by atoms with Crippen LogP contribution in [0.5, 0.6) is 0 Å². The maximum absolute atomic E-state index is 2.71. The van der Waals surface area contributed by atoms with Crippen LogP contribution in [0.25, 0.3) is 0 Å². The van der Waals surface area contributed by atoms with E-state index >= 15 is 0 Å². The van der Waals surface area contributed by atoms with Crippen LogP contribution in [-0.4, -0.2) is 29.1 Å². The molecule has 0 aromatic heterocycles. The molecule has 0 saturated heterocycles. The molecular weight excluding hydrogens is 508 g/mol. The van der Waals surface area contributed by atoms with Crippen LogP contribution in [0.3, 0.4) is 0 Å². The summed E-state index contributed by atoms with van der Waals surface area (Å²) in [6.45, 7) is 9.49. The van der Waals surface area contributed by atoms with Crippen molar-refractivity contribution in [3.8, 4) is 0 Å².